The van der Waals surface area contributed by atoms with Gasteiger partial charge >= 0.3 is 5.97 Å². The van der Waals surface area contributed by atoms with Crippen molar-refractivity contribution in [3.8, 4) is 0 Å². The van der Waals surface area contributed by atoms with Gasteiger partial charge in [0.1, 0.15) is 5.00 Å². The minimum atomic E-state index is -0.383. The maximum absolute atomic E-state index is 12.6. The van der Waals surface area contributed by atoms with E-state index in [2.05, 4.69) is 29.1 Å². The molecule has 1 aliphatic carbocycles. The number of amides is 1. The Morgan fingerprint density at radius 2 is 2.10 bits per heavy atom. The van der Waals surface area contributed by atoms with Gasteiger partial charge in [0.15, 0.2) is 5.16 Å². The number of nitrogens with one attached hydrogen (secondary N) is 2. The van der Waals surface area contributed by atoms with Crippen molar-refractivity contribution in [2.75, 3.05) is 17.7 Å². The molecule has 2 heterocycles. The van der Waals surface area contributed by atoms with Gasteiger partial charge in [-0.3, -0.25) is 9.59 Å². The molecule has 0 saturated heterocycles. The molecule has 0 radical (unpaired) electrons. The van der Waals surface area contributed by atoms with E-state index in [-0.39, 0.29) is 29.8 Å². The van der Waals surface area contributed by atoms with Gasteiger partial charge in [0.05, 0.1) is 23.6 Å². The van der Waals surface area contributed by atoms with E-state index < -0.39 is 0 Å². The van der Waals surface area contributed by atoms with Crippen molar-refractivity contribution < 1.29 is 14.3 Å². The molecule has 2 aromatic heterocycles. The lowest BCUT2D eigenvalue weighted by molar-refractivity contribution is -0.113. The number of anilines is 1. The molecule has 10 heteroatoms. The lowest BCUT2D eigenvalue weighted by atomic mass is 9.95. The standard InChI is InChI=1S/C21H27N3O4S3/c1-4-28-20(27)18-14-7-5-6-8-15(14)31-19(18)23-17(26)11-30-21-22-13(9-16(25)24-21)10-29-12(2)3/h9,12H,4-8,10-11H2,1-3H3,(H,23,26)(H,22,24,25). The van der Waals surface area contributed by atoms with Crippen LogP contribution in [0.1, 0.15) is 60.1 Å². The van der Waals surface area contributed by atoms with E-state index in [0.29, 0.717) is 32.4 Å². The van der Waals surface area contributed by atoms with Crippen LogP contribution in [0.25, 0.3) is 0 Å². The van der Waals surface area contributed by atoms with E-state index in [4.69, 9.17) is 4.74 Å². The van der Waals surface area contributed by atoms with Crippen LogP contribution in [0.2, 0.25) is 0 Å². The second-order valence-corrected chi connectivity index (χ2v) is 11.0. The summed E-state index contributed by atoms with van der Waals surface area (Å²) in [6.45, 7) is 6.24. The number of carbonyl (C=O) groups excluding carboxylic acids is 2. The minimum absolute atomic E-state index is 0.0779. The highest BCUT2D eigenvalue weighted by molar-refractivity contribution is 7.99. The van der Waals surface area contributed by atoms with Crippen LogP contribution in [0.3, 0.4) is 0 Å². The number of hydrogen-bond donors (Lipinski definition) is 2. The third-order valence-corrected chi connectivity index (χ3v) is 7.79. The fraction of sp³-hybridized carbons (Fsp3) is 0.524. The maximum Gasteiger partial charge on any atom is 0.341 e. The number of thioether (sulfide) groups is 2. The Morgan fingerprint density at radius 3 is 2.84 bits per heavy atom. The average Bonchev–Trinajstić information content (AvgIpc) is 3.08. The predicted octanol–water partition coefficient (Wildman–Crippen LogP) is 4.26. The van der Waals surface area contributed by atoms with Crippen molar-refractivity contribution in [1.82, 2.24) is 9.97 Å². The van der Waals surface area contributed by atoms with Crippen molar-refractivity contribution in [3.63, 3.8) is 0 Å². The summed E-state index contributed by atoms with van der Waals surface area (Å²) in [4.78, 5) is 45.3. The number of carbonyl (C=O) groups is 2. The van der Waals surface area contributed by atoms with Crippen molar-refractivity contribution in [3.05, 3.63) is 38.1 Å². The fourth-order valence-electron chi connectivity index (χ4n) is 3.25. The third kappa shape index (κ3) is 6.60. The van der Waals surface area contributed by atoms with Gasteiger partial charge in [-0.15, -0.1) is 11.3 Å². The van der Waals surface area contributed by atoms with Crippen LogP contribution in [0.15, 0.2) is 16.0 Å². The zero-order chi connectivity index (χ0) is 22.4. The zero-order valence-electron chi connectivity index (χ0n) is 17.9. The van der Waals surface area contributed by atoms with Crippen LogP contribution in [-0.2, 0) is 28.1 Å². The van der Waals surface area contributed by atoms with Gasteiger partial charge in [0.2, 0.25) is 5.91 Å². The van der Waals surface area contributed by atoms with Crippen molar-refractivity contribution in [1.29, 1.82) is 0 Å². The Balaban J connectivity index is 1.68. The lowest BCUT2D eigenvalue weighted by Crippen LogP contribution is -2.18. The molecule has 0 aromatic carbocycles. The maximum atomic E-state index is 12.6. The Morgan fingerprint density at radius 1 is 1.32 bits per heavy atom. The molecule has 0 aliphatic heterocycles. The predicted molar refractivity (Wildman–Crippen MR) is 128 cm³/mol. The highest BCUT2D eigenvalue weighted by atomic mass is 32.2. The Kier molecular flexibility index (Phi) is 8.62. The fourth-order valence-corrected chi connectivity index (χ4v) is 5.89. The van der Waals surface area contributed by atoms with Crippen LogP contribution in [0, 0.1) is 0 Å². The number of thiophene rings is 1. The molecule has 31 heavy (non-hydrogen) atoms. The normalized spacial score (nSPS) is 13.2. The van der Waals surface area contributed by atoms with Crippen molar-refractivity contribution >= 4 is 51.7 Å². The first-order chi connectivity index (χ1) is 14.9. The van der Waals surface area contributed by atoms with Gasteiger partial charge in [0, 0.05) is 16.7 Å². The molecule has 2 N–H and O–H groups in total. The van der Waals surface area contributed by atoms with Gasteiger partial charge < -0.3 is 15.0 Å². The molecule has 1 amide bonds. The van der Waals surface area contributed by atoms with Crippen LogP contribution >= 0.6 is 34.9 Å². The molecule has 0 spiro atoms. The van der Waals surface area contributed by atoms with Crippen molar-refractivity contribution in [2.45, 2.75) is 62.6 Å². The number of ether oxygens (including phenoxy) is 1. The number of fused-ring (bicyclic) bond motifs is 1. The topological polar surface area (TPSA) is 101 Å². The average molecular weight is 482 g/mol. The van der Waals surface area contributed by atoms with Gasteiger partial charge in [-0.05, 0) is 43.4 Å². The molecule has 7 nitrogen and oxygen atoms in total. The molecule has 168 valence electrons. The first-order valence-electron chi connectivity index (χ1n) is 10.3. The lowest BCUT2D eigenvalue weighted by Gasteiger charge is -2.12. The second kappa shape index (κ2) is 11.2. The van der Waals surface area contributed by atoms with E-state index in [1.54, 1.807) is 18.7 Å². The third-order valence-electron chi connectivity index (χ3n) is 4.58. The number of hydrogen-bond acceptors (Lipinski definition) is 8. The van der Waals surface area contributed by atoms with Crippen LogP contribution in [0.4, 0.5) is 5.00 Å². The summed E-state index contributed by atoms with van der Waals surface area (Å²) in [6.07, 6.45) is 3.87. The van der Waals surface area contributed by atoms with Crippen LogP contribution < -0.4 is 10.9 Å². The van der Waals surface area contributed by atoms with Gasteiger partial charge in [-0.1, -0.05) is 25.6 Å². The molecule has 3 rings (SSSR count). The van der Waals surface area contributed by atoms with Gasteiger partial charge in [0.25, 0.3) is 5.56 Å². The number of aromatic amines is 1. The summed E-state index contributed by atoms with van der Waals surface area (Å²) in [6, 6.07) is 1.49. The Hall–Kier alpha value is -1.78. The van der Waals surface area contributed by atoms with E-state index in [9.17, 15) is 14.4 Å². The largest absolute Gasteiger partial charge is 0.462 e. The summed E-state index contributed by atoms with van der Waals surface area (Å²) < 4.78 is 5.23. The van der Waals surface area contributed by atoms with Gasteiger partial charge in [-0.2, -0.15) is 11.8 Å². The van der Waals surface area contributed by atoms with Crippen molar-refractivity contribution in [2.24, 2.45) is 0 Å². The highest BCUT2D eigenvalue weighted by Gasteiger charge is 2.27. The molecular weight excluding hydrogens is 454 g/mol. The molecule has 0 fully saturated rings. The SMILES string of the molecule is CCOC(=O)c1c(NC(=O)CSc2nc(CSC(C)C)cc(=O)[nH]2)sc2c1CCCC2. The number of aromatic nitrogens is 2. The first kappa shape index (κ1) is 23.9. The zero-order valence-corrected chi connectivity index (χ0v) is 20.4. The van der Waals surface area contributed by atoms with E-state index in [1.165, 1.54) is 29.2 Å². The summed E-state index contributed by atoms with van der Waals surface area (Å²) in [5.41, 5.74) is 1.98. The summed E-state index contributed by atoms with van der Waals surface area (Å²) >= 11 is 4.34. The molecule has 0 atom stereocenters. The van der Waals surface area contributed by atoms with Crippen LogP contribution in [-0.4, -0.2) is 39.5 Å². The summed E-state index contributed by atoms with van der Waals surface area (Å²) in [5, 5.41) is 4.29. The van der Waals surface area contributed by atoms with E-state index in [0.717, 1.165) is 36.1 Å². The van der Waals surface area contributed by atoms with Gasteiger partial charge in [-0.25, -0.2) is 9.78 Å². The van der Waals surface area contributed by atoms with E-state index in [1.807, 2.05) is 0 Å². The Labute approximate surface area is 194 Å². The Bertz CT molecular complexity index is 1000. The number of nitrogens with zero attached hydrogens (tertiary/aromatic N) is 1. The quantitative estimate of drug-likeness (QED) is 0.313. The molecule has 1 aliphatic rings. The molecule has 2 aromatic rings. The highest BCUT2D eigenvalue weighted by Crippen LogP contribution is 2.38. The second-order valence-electron chi connectivity index (χ2n) is 7.37. The number of H-pyrrole nitrogens is 1. The molecule has 0 bridgehead atoms. The molecule has 0 saturated carbocycles. The minimum Gasteiger partial charge on any atom is -0.462 e. The summed E-state index contributed by atoms with van der Waals surface area (Å²) in [5.74, 6) is 0.0875. The van der Waals surface area contributed by atoms with Crippen LogP contribution in [0.5, 0.6) is 0 Å². The summed E-state index contributed by atoms with van der Waals surface area (Å²) in [7, 11) is 0. The number of aryl methyl sites for hydroxylation is 1. The first-order valence-corrected chi connectivity index (χ1v) is 13.2. The van der Waals surface area contributed by atoms with E-state index >= 15 is 0 Å². The smallest absolute Gasteiger partial charge is 0.341 e. The number of esters is 1. The monoisotopic (exact) mass is 481 g/mol. The molecular formula is C21H27N3O4S3. The number of rotatable bonds is 9. The molecule has 0 unspecified atom stereocenters.